The van der Waals surface area contributed by atoms with Crippen molar-refractivity contribution in [2.75, 3.05) is 7.11 Å². The minimum atomic E-state index is -0.471. The predicted octanol–water partition coefficient (Wildman–Crippen LogP) is 1.95. The SMILES string of the molecule is COC(=O)c1c(C)[nH]c(C(=O)NC(C)c2nnc3ccccn23)c1C. The van der Waals surface area contributed by atoms with Gasteiger partial charge < -0.3 is 15.0 Å². The summed E-state index contributed by atoms with van der Waals surface area (Å²) in [6, 6.07) is 5.22. The van der Waals surface area contributed by atoms with Crippen LogP contribution in [0.15, 0.2) is 24.4 Å². The van der Waals surface area contributed by atoms with E-state index in [9.17, 15) is 9.59 Å². The molecular formula is C17H19N5O3. The molecule has 0 aromatic carbocycles. The molecule has 3 heterocycles. The number of aromatic nitrogens is 4. The number of esters is 1. The third-order valence-corrected chi connectivity index (χ3v) is 4.13. The van der Waals surface area contributed by atoms with Crippen LogP contribution in [0.2, 0.25) is 0 Å². The molecule has 3 aromatic heterocycles. The zero-order valence-electron chi connectivity index (χ0n) is 14.5. The number of aryl methyl sites for hydroxylation is 1. The fraction of sp³-hybridized carbons (Fsp3) is 0.294. The maximum atomic E-state index is 12.6. The minimum absolute atomic E-state index is 0.323. The molecule has 1 amide bonds. The molecule has 0 saturated carbocycles. The van der Waals surface area contributed by atoms with Gasteiger partial charge in [0.05, 0.1) is 18.7 Å². The Labute approximate surface area is 144 Å². The molecule has 2 N–H and O–H groups in total. The number of carbonyl (C=O) groups is 2. The smallest absolute Gasteiger partial charge is 0.339 e. The van der Waals surface area contributed by atoms with Gasteiger partial charge in [-0.25, -0.2) is 4.79 Å². The van der Waals surface area contributed by atoms with Crippen LogP contribution in [-0.4, -0.2) is 38.6 Å². The summed E-state index contributed by atoms with van der Waals surface area (Å²) in [6.07, 6.45) is 1.84. The van der Waals surface area contributed by atoms with Crippen molar-refractivity contribution in [1.82, 2.24) is 24.9 Å². The van der Waals surface area contributed by atoms with Gasteiger partial charge in [-0.15, -0.1) is 10.2 Å². The van der Waals surface area contributed by atoms with Gasteiger partial charge in [-0.05, 0) is 38.5 Å². The number of H-pyrrole nitrogens is 1. The first kappa shape index (κ1) is 16.7. The number of nitrogens with zero attached hydrogens (tertiary/aromatic N) is 3. The number of fused-ring (bicyclic) bond motifs is 1. The van der Waals surface area contributed by atoms with Crippen LogP contribution in [0.1, 0.15) is 50.9 Å². The minimum Gasteiger partial charge on any atom is -0.465 e. The van der Waals surface area contributed by atoms with E-state index in [4.69, 9.17) is 4.74 Å². The number of carbonyl (C=O) groups excluding carboxylic acids is 2. The van der Waals surface area contributed by atoms with Gasteiger partial charge >= 0.3 is 5.97 Å². The molecular weight excluding hydrogens is 322 g/mol. The van der Waals surface area contributed by atoms with E-state index in [2.05, 4.69) is 20.5 Å². The fourth-order valence-electron chi connectivity index (χ4n) is 2.87. The quantitative estimate of drug-likeness (QED) is 0.706. The number of hydrogen-bond donors (Lipinski definition) is 2. The van der Waals surface area contributed by atoms with Crippen LogP contribution in [0.4, 0.5) is 0 Å². The number of pyridine rings is 1. The zero-order valence-corrected chi connectivity index (χ0v) is 14.5. The summed E-state index contributed by atoms with van der Waals surface area (Å²) in [6.45, 7) is 5.26. The maximum absolute atomic E-state index is 12.6. The Kier molecular flexibility index (Phi) is 4.26. The summed E-state index contributed by atoms with van der Waals surface area (Å²) < 4.78 is 6.58. The molecule has 8 heteroatoms. The molecule has 0 bridgehead atoms. The first-order chi connectivity index (χ1) is 11.9. The second-order valence-electron chi connectivity index (χ2n) is 5.80. The van der Waals surface area contributed by atoms with E-state index in [1.54, 1.807) is 13.8 Å². The lowest BCUT2D eigenvalue weighted by Gasteiger charge is -2.12. The normalized spacial score (nSPS) is 12.2. The topological polar surface area (TPSA) is 101 Å². The molecule has 0 saturated heterocycles. The number of hydrogen-bond acceptors (Lipinski definition) is 5. The standard InChI is InChI=1S/C17H19N5O3/c1-9-13(17(24)25-4)10(2)18-14(9)16(23)19-11(3)15-21-20-12-7-5-6-8-22(12)15/h5-8,11,18H,1-4H3,(H,19,23). The van der Waals surface area contributed by atoms with Crippen molar-refractivity contribution in [3.63, 3.8) is 0 Å². The molecule has 130 valence electrons. The Morgan fingerprint density at radius 2 is 2.04 bits per heavy atom. The Bertz CT molecular complexity index is 957. The van der Waals surface area contributed by atoms with Crippen molar-refractivity contribution in [3.8, 4) is 0 Å². The average Bonchev–Trinajstić information content (AvgIpc) is 3.15. The molecule has 25 heavy (non-hydrogen) atoms. The van der Waals surface area contributed by atoms with E-state index in [0.29, 0.717) is 34.0 Å². The van der Waals surface area contributed by atoms with Crippen LogP contribution in [0.5, 0.6) is 0 Å². The molecule has 3 aromatic rings. The summed E-state index contributed by atoms with van der Waals surface area (Å²) in [4.78, 5) is 27.4. The van der Waals surface area contributed by atoms with E-state index in [1.165, 1.54) is 7.11 Å². The highest BCUT2D eigenvalue weighted by molar-refractivity contribution is 6.00. The Morgan fingerprint density at radius 1 is 1.28 bits per heavy atom. The van der Waals surface area contributed by atoms with E-state index >= 15 is 0 Å². The molecule has 3 rings (SSSR count). The lowest BCUT2D eigenvalue weighted by Crippen LogP contribution is -2.28. The number of amides is 1. The molecule has 0 spiro atoms. The van der Waals surface area contributed by atoms with Gasteiger partial charge in [0.25, 0.3) is 5.91 Å². The van der Waals surface area contributed by atoms with E-state index < -0.39 is 5.97 Å². The van der Waals surface area contributed by atoms with Gasteiger partial charge in [0.1, 0.15) is 5.69 Å². The number of rotatable bonds is 4. The second-order valence-corrected chi connectivity index (χ2v) is 5.80. The molecule has 0 aliphatic carbocycles. The fourth-order valence-corrected chi connectivity index (χ4v) is 2.87. The van der Waals surface area contributed by atoms with Gasteiger partial charge in [-0.3, -0.25) is 9.20 Å². The van der Waals surface area contributed by atoms with Crippen LogP contribution in [0.3, 0.4) is 0 Å². The molecule has 0 radical (unpaired) electrons. The van der Waals surface area contributed by atoms with Crippen LogP contribution >= 0.6 is 0 Å². The zero-order chi connectivity index (χ0) is 18.1. The van der Waals surface area contributed by atoms with Crippen LogP contribution in [0, 0.1) is 13.8 Å². The monoisotopic (exact) mass is 341 g/mol. The highest BCUT2D eigenvalue weighted by atomic mass is 16.5. The van der Waals surface area contributed by atoms with Gasteiger partial charge in [-0.1, -0.05) is 6.07 Å². The Morgan fingerprint density at radius 3 is 2.76 bits per heavy atom. The largest absolute Gasteiger partial charge is 0.465 e. The van der Waals surface area contributed by atoms with E-state index in [-0.39, 0.29) is 11.9 Å². The first-order valence-corrected chi connectivity index (χ1v) is 7.82. The lowest BCUT2D eigenvalue weighted by molar-refractivity contribution is 0.0599. The number of aromatic amines is 1. The number of methoxy groups -OCH3 is 1. The predicted molar refractivity (Wildman–Crippen MR) is 90.5 cm³/mol. The molecule has 1 unspecified atom stereocenters. The van der Waals surface area contributed by atoms with Gasteiger partial charge in [-0.2, -0.15) is 0 Å². The molecule has 8 nitrogen and oxygen atoms in total. The van der Waals surface area contributed by atoms with E-state index in [0.717, 1.165) is 0 Å². The van der Waals surface area contributed by atoms with Gasteiger partial charge in [0.2, 0.25) is 0 Å². The lowest BCUT2D eigenvalue weighted by atomic mass is 10.1. The molecule has 0 aliphatic rings. The maximum Gasteiger partial charge on any atom is 0.339 e. The van der Waals surface area contributed by atoms with Gasteiger partial charge in [0.15, 0.2) is 11.5 Å². The number of ether oxygens (including phenoxy) is 1. The van der Waals surface area contributed by atoms with Crippen LogP contribution in [0.25, 0.3) is 5.65 Å². The summed E-state index contributed by atoms with van der Waals surface area (Å²) in [7, 11) is 1.31. The highest BCUT2D eigenvalue weighted by Crippen LogP contribution is 2.20. The Hall–Kier alpha value is -3.16. The van der Waals surface area contributed by atoms with Crippen molar-refractivity contribution in [3.05, 3.63) is 52.7 Å². The highest BCUT2D eigenvalue weighted by Gasteiger charge is 2.24. The van der Waals surface area contributed by atoms with E-state index in [1.807, 2.05) is 35.7 Å². The van der Waals surface area contributed by atoms with Gasteiger partial charge in [0, 0.05) is 11.9 Å². The van der Waals surface area contributed by atoms with Crippen molar-refractivity contribution < 1.29 is 14.3 Å². The summed E-state index contributed by atoms with van der Waals surface area (Å²) in [5.74, 6) is -0.171. The van der Waals surface area contributed by atoms with Crippen LogP contribution < -0.4 is 5.32 Å². The average molecular weight is 341 g/mol. The van der Waals surface area contributed by atoms with Crippen molar-refractivity contribution in [1.29, 1.82) is 0 Å². The molecule has 0 aliphatic heterocycles. The summed E-state index contributed by atoms with van der Waals surface area (Å²) >= 11 is 0. The third-order valence-electron chi connectivity index (χ3n) is 4.13. The summed E-state index contributed by atoms with van der Waals surface area (Å²) in [5.41, 5.74) is 2.57. The number of nitrogens with one attached hydrogen (secondary N) is 2. The van der Waals surface area contributed by atoms with Crippen LogP contribution in [-0.2, 0) is 4.74 Å². The van der Waals surface area contributed by atoms with Crippen molar-refractivity contribution in [2.45, 2.75) is 26.8 Å². The molecule has 0 fully saturated rings. The molecule has 1 atom stereocenters. The Balaban J connectivity index is 1.86. The van der Waals surface area contributed by atoms with Crippen molar-refractivity contribution >= 4 is 17.5 Å². The third kappa shape index (κ3) is 2.86. The second kappa shape index (κ2) is 6.39. The summed E-state index contributed by atoms with van der Waals surface area (Å²) in [5, 5.41) is 11.1. The first-order valence-electron chi connectivity index (χ1n) is 7.82. The van der Waals surface area contributed by atoms with Crippen molar-refractivity contribution in [2.24, 2.45) is 0 Å².